The largest absolute Gasteiger partial charge is 0.384 e. The molecule has 0 atom stereocenters. The van der Waals surface area contributed by atoms with Gasteiger partial charge in [-0.2, -0.15) is 0 Å². The highest BCUT2D eigenvalue weighted by Crippen LogP contribution is 2.31. The van der Waals surface area contributed by atoms with Crippen molar-refractivity contribution in [2.24, 2.45) is 0 Å². The molecule has 3 heterocycles. The average molecular weight is 364 g/mol. The van der Waals surface area contributed by atoms with E-state index in [1.807, 2.05) is 24.3 Å². The smallest absolute Gasteiger partial charge is 0.123 e. The van der Waals surface area contributed by atoms with Crippen LogP contribution in [0.5, 0.6) is 0 Å². The van der Waals surface area contributed by atoms with E-state index in [1.165, 1.54) is 0 Å². The molecule has 0 spiro atoms. The molecular formula is C20H18ClN5. The number of rotatable bonds is 3. The molecule has 6 heteroatoms. The molecule has 4 rings (SSSR count). The first-order chi connectivity index (χ1) is 12.3. The van der Waals surface area contributed by atoms with Gasteiger partial charge in [0.2, 0.25) is 0 Å². The van der Waals surface area contributed by atoms with Crippen LogP contribution < -0.4 is 5.73 Å². The summed E-state index contributed by atoms with van der Waals surface area (Å²) in [5.74, 6) is 0.536. The second-order valence-corrected chi connectivity index (χ2v) is 5.75. The maximum Gasteiger partial charge on any atom is 0.123 e. The number of para-hydroxylation sites is 1. The molecule has 26 heavy (non-hydrogen) atoms. The Hall–Kier alpha value is -3.05. The van der Waals surface area contributed by atoms with Gasteiger partial charge in [-0.3, -0.25) is 9.97 Å². The van der Waals surface area contributed by atoms with Gasteiger partial charge in [-0.1, -0.05) is 31.2 Å². The number of halogens is 1. The maximum atomic E-state index is 5.85. The number of anilines is 1. The lowest BCUT2D eigenvalue weighted by atomic mass is 9.99. The molecule has 0 aliphatic rings. The normalized spacial score (nSPS) is 10.5. The Morgan fingerprint density at radius 1 is 0.885 bits per heavy atom. The van der Waals surface area contributed by atoms with Gasteiger partial charge in [0.25, 0.3) is 0 Å². The lowest BCUT2D eigenvalue weighted by Crippen LogP contribution is -1.98. The van der Waals surface area contributed by atoms with Crippen LogP contribution in [-0.2, 0) is 6.42 Å². The van der Waals surface area contributed by atoms with E-state index in [9.17, 15) is 0 Å². The zero-order chi connectivity index (χ0) is 17.2. The van der Waals surface area contributed by atoms with Gasteiger partial charge in [0.15, 0.2) is 0 Å². The van der Waals surface area contributed by atoms with Gasteiger partial charge >= 0.3 is 0 Å². The molecule has 5 nitrogen and oxygen atoms in total. The Morgan fingerprint density at radius 3 is 2.54 bits per heavy atom. The molecule has 3 aromatic heterocycles. The van der Waals surface area contributed by atoms with Gasteiger partial charge in [-0.15, -0.1) is 12.4 Å². The summed E-state index contributed by atoms with van der Waals surface area (Å²) in [5.41, 5.74) is 11.4. The molecule has 2 N–H and O–H groups in total. The second-order valence-electron chi connectivity index (χ2n) is 5.75. The van der Waals surface area contributed by atoms with Crippen LogP contribution in [0, 0.1) is 0 Å². The first-order valence-electron chi connectivity index (χ1n) is 8.18. The van der Waals surface area contributed by atoms with E-state index in [4.69, 9.17) is 10.7 Å². The maximum absolute atomic E-state index is 5.85. The number of benzene rings is 1. The standard InChI is InChI=1S/C20H17N5.ClH/c1-2-16-14(7-9-19(21)24-16)15-5-3-4-13-6-8-17(25-20(13)15)18-12-22-10-11-23-18;/h3-12H,2H2,1H3,(H2,21,24);1H. The lowest BCUT2D eigenvalue weighted by molar-refractivity contribution is 1.04. The molecule has 0 saturated heterocycles. The Balaban J connectivity index is 0.00000196. The van der Waals surface area contributed by atoms with Crippen molar-refractivity contribution in [2.75, 3.05) is 5.73 Å². The summed E-state index contributed by atoms with van der Waals surface area (Å²) < 4.78 is 0. The number of pyridine rings is 2. The zero-order valence-corrected chi connectivity index (χ0v) is 15.1. The predicted octanol–water partition coefficient (Wildman–Crippen LogP) is 4.32. The van der Waals surface area contributed by atoms with E-state index >= 15 is 0 Å². The van der Waals surface area contributed by atoms with Crippen LogP contribution in [-0.4, -0.2) is 19.9 Å². The van der Waals surface area contributed by atoms with Crippen molar-refractivity contribution < 1.29 is 0 Å². The molecule has 130 valence electrons. The van der Waals surface area contributed by atoms with E-state index in [0.717, 1.165) is 45.5 Å². The number of hydrogen-bond acceptors (Lipinski definition) is 5. The molecule has 0 radical (unpaired) electrons. The Labute approximate surface area is 157 Å². The van der Waals surface area contributed by atoms with Gasteiger partial charge in [0, 0.05) is 28.9 Å². The molecule has 0 aliphatic heterocycles. The molecule has 0 bridgehead atoms. The Bertz CT molecular complexity index is 1050. The minimum Gasteiger partial charge on any atom is -0.384 e. The molecule has 0 unspecified atom stereocenters. The number of aryl methyl sites for hydroxylation is 1. The minimum atomic E-state index is 0. The van der Waals surface area contributed by atoms with E-state index in [0.29, 0.717) is 5.82 Å². The Kier molecular flexibility index (Phi) is 5.09. The van der Waals surface area contributed by atoms with Crippen LogP contribution in [0.25, 0.3) is 33.4 Å². The second kappa shape index (κ2) is 7.45. The number of hydrogen-bond donors (Lipinski definition) is 1. The van der Waals surface area contributed by atoms with Crippen molar-refractivity contribution in [1.82, 2.24) is 19.9 Å². The topological polar surface area (TPSA) is 77.6 Å². The van der Waals surface area contributed by atoms with E-state index in [2.05, 4.69) is 40.1 Å². The van der Waals surface area contributed by atoms with Gasteiger partial charge in [0.05, 0.1) is 23.1 Å². The number of aromatic nitrogens is 4. The number of nitrogen functional groups attached to an aromatic ring is 1. The van der Waals surface area contributed by atoms with Crippen molar-refractivity contribution in [3.63, 3.8) is 0 Å². The van der Waals surface area contributed by atoms with Crippen LogP contribution in [0.3, 0.4) is 0 Å². The van der Waals surface area contributed by atoms with Gasteiger partial charge < -0.3 is 5.73 Å². The van der Waals surface area contributed by atoms with Crippen molar-refractivity contribution in [2.45, 2.75) is 13.3 Å². The summed E-state index contributed by atoms with van der Waals surface area (Å²) in [7, 11) is 0. The summed E-state index contributed by atoms with van der Waals surface area (Å²) in [6.07, 6.45) is 5.86. The highest BCUT2D eigenvalue weighted by molar-refractivity contribution is 5.95. The van der Waals surface area contributed by atoms with E-state index in [1.54, 1.807) is 18.6 Å². The van der Waals surface area contributed by atoms with Crippen LogP contribution in [0.2, 0.25) is 0 Å². The fraction of sp³-hybridized carbons (Fsp3) is 0.100. The summed E-state index contributed by atoms with van der Waals surface area (Å²) in [5, 5.41) is 1.07. The monoisotopic (exact) mass is 363 g/mol. The molecule has 0 aliphatic carbocycles. The first kappa shape index (κ1) is 17.8. The van der Waals surface area contributed by atoms with Crippen LogP contribution in [0.1, 0.15) is 12.6 Å². The quantitative estimate of drug-likeness (QED) is 0.586. The van der Waals surface area contributed by atoms with Crippen molar-refractivity contribution >= 4 is 29.1 Å². The third kappa shape index (κ3) is 3.21. The van der Waals surface area contributed by atoms with Gasteiger partial charge in [-0.05, 0) is 24.6 Å². The van der Waals surface area contributed by atoms with Gasteiger partial charge in [-0.25, -0.2) is 9.97 Å². The van der Waals surface area contributed by atoms with Crippen molar-refractivity contribution in [3.05, 3.63) is 66.7 Å². The fourth-order valence-corrected chi connectivity index (χ4v) is 2.97. The van der Waals surface area contributed by atoms with Crippen LogP contribution in [0.15, 0.2) is 61.1 Å². The summed E-state index contributed by atoms with van der Waals surface area (Å²) in [4.78, 5) is 17.8. The number of fused-ring (bicyclic) bond motifs is 1. The summed E-state index contributed by atoms with van der Waals surface area (Å²) in [6.45, 7) is 2.08. The summed E-state index contributed by atoms with van der Waals surface area (Å²) in [6, 6.07) is 14.1. The molecule has 1 aromatic carbocycles. The predicted molar refractivity (Wildman–Crippen MR) is 107 cm³/mol. The van der Waals surface area contributed by atoms with E-state index < -0.39 is 0 Å². The first-order valence-corrected chi connectivity index (χ1v) is 8.18. The Morgan fingerprint density at radius 2 is 1.77 bits per heavy atom. The molecule has 0 saturated carbocycles. The third-order valence-corrected chi connectivity index (χ3v) is 4.17. The minimum absolute atomic E-state index is 0. The van der Waals surface area contributed by atoms with Crippen molar-refractivity contribution in [3.8, 4) is 22.5 Å². The lowest BCUT2D eigenvalue weighted by Gasteiger charge is -2.11. The van der Waals surface area contributed by atoms with Crippen molar-refractivity contribution in [1.29, 1.82) is 0 Å². The highest BCUT2D eigenvalue weighted by atomic mass is 35.5. The summed E-state index contributed by atoms with van der Waals surface area (Å²) >= 11 is 0. The van der Waals surface area contributed by atoms with Gasteiger partial charge in [0.1, 0.15) is 11.5 Å². The number of nitrogens with two attached hydrogens (primary N) is 1. The fourth-order valence-electron chi connectivity index (χ4n) is 2.97. The SMILES string of the molecule is CCc1nc(N)ccc1-c1cccc2ccc(-c3cnccn3)nc12.Cl. The highest BCUT2D eigenvalue weighted by Gasteiger charge is 2.12. The van der Waals surface area contributed by atoms with Crippen LogP contribution in [0.4, 0.5) is 5.82 Å². The molecule has 0 amide bonds. The average Bonchev–Trinajstić information content (AvgIpc) is 2.68. The molecule has 0 fully saturated rings. The van der Waals surface area contributed by atoms with E-state index in [-0.39, 0.29) is 12.4 Å². The molecular weight excluding hydrogens is 346 g/mol. The third-order valence-electron chi connectivity index (χ3n) is 4.17. The molecule has 4 aromatic rings. The number of nitrogens with zero attached hydrogens (tertiary/aromatic N) is 4. The zero-order valence-electron chi connectivity index (χ0n) is 14.3. The van der Waals surface area contributed by atoms with Crippen LogP contribution >= 0.6 is 12.4 Å².